The molecule has 1 aromatic heterocycles. The minimum atomic E-state index is -0.232. The lowest BCUT2D eigenvalue weighted by molar-refractivity contribution is 0.248. The fourth-order valence-electron chi connectivity index (χ4n) is 2.57. The van der Waals surface area contributed by atoms with Crippen molar-refractivity contribution < 1.29 is 4.39 Å². The number of anilines is 1. The zero-order valence-corrected chi connectivity index (χ0v) is 11.4. The number of hydrogen-bond donors (Lipinski definition) is 0. The summed E-state index contributed by atoms with van der Waals surface area (Å²) in [5.41, 5.74) is 1.32. The van der Waals surface area contributed by atoms with E-state index >= 15 is 0 Å². The molecule has 20 heavy (non-hydrogen) atoms. The number of benzene rings is 1. The highest BCUT2D eigenvalue weighted by Crippen LogP contribution is 2.17. The average molecular weight is 271 g/mol. The normalized spacial score (nSPS) is 16.4. The van der Waals surface area contributed by atoms with Crippen LogP contribution >= 0.6 is 0 Å². The molecule has 1 aromatic carbocycles. The van der Waals surface area contributed by atoms with Gasteiger partial charge in [-0.1, -0.05) is 30.3 Å². The number of pyridine rings is 1. The summed E-state index contributed by atoms with van der Waals surface area (Å²) in [4.78, 5) is 8.56. The minimum Gasteiger partial charge on any atom is -0.352 e. The summed E-state index contributed by atoms with van der Waals surface area (Å²) in [6.45, 7) is 4.47. The summed E-state index contributed by atoms with van der Waals surface area (Å²) in [7, 11) is 0. The highest BCUT2D eigenvalue weighted by Gasteiger charge is 2.20. The Bertz CT molecular complexity index is 551. The molecule has 2 aromatic rings. The van der Waals surface area contributed by atoms with E-state index in [4.69, 9.17) is 0 Å². The van der Waals surface area contributed by atoms with E-state index in [9.17, 15) is 4.39 Å². The second-order valence-electron chi connectivity index (χ2n) is 5.06. The van der Waals surface area contributed by atoms with Crippen LogP contribution in [0.2, 0.25) is 0 Å². The molecule has 0 unspecified atom stereocenters. The Labute approximate surface area is 118 Å². The number of halogens is 1. The summed E-state index contributed by atoms with van der Waals surface area (Å²) in [5, 5.41) is 0. The van der Waals surface area contributed by atoms with Crippen LogP contribution in [0.25, 0.3) is 0 Å². The third-order valence-electron chi connectivity index (χ3n) is 3.66. The lowest BCUT2D eigenvalue weighted by atomic mass is 10.2. The molecule has 0 N–H and O–H groups in total. The first kappa shape index (κ1) is 13.1. The van der Waals surface area contributed by atoms with Crippen LogP contribution in [-0.4, -0.2) is 36.1 Å². The second-order valence-corrected chi connectivity index (χ2v) is 5.06. The van der Waals surface area contributed by atoms with Gasteiger partial charge in [0, 0.05) is 38.9 Å². The van der Waals surface area contributed by atoms with Crippen molar-refractivity contribution in [3.05, 3.63) is 60.0 Å². The van der Waals surface area contributed by atoms with Crippen LogP contribution in [0.5, 0.6) is 0 Å². The molecule has 0 atom stereocenters. The topological polar surface area (TPSA) is 19.4 Å². The van der Waals surface area contributed by atoms with Gasteiger partial charge in [-0.25, -0.2) is 9.37 Å². The van der Waals surface area contributed by atoms with Gasteiger partial charge in [-0.05, 0) is 17.7 Å². The molecule has 104 valence electrons. The van der Waals surface area contributed by atoms with Crippen molar-refractivity contribution in [2.75, 3.05) is 31.1 Å². The zero-order chi connectivity index (χ0) is 13.8. The average Bonchev–Trinajstić information content (AvgIpc) is 2.50. The van der Waals surface area contributed by atoms with Gasteiger partial charge in [0.15, 0.2) is 11.6 Å². The van der Waals surface area contributed by atoms with Gasteiger partial charge in [0.2, 0.25) is 0 Å². The second kappa shape index (κ2) is 6.01. The van der Waals surface area contributed by atoms with E-state index in [2.05, 4.69) is 34.1 Å². The van der Waals surface area contributed by atoms with Gasteiger partial charge in [-0.2, -0.15) is 0 Å². The largest absolute Gasteiger partial charge is 0.352 e. The lowest BCUT2D eigenvalue weighted by Gasteiger charge is -2.35. The smallest absolute Gasteiger partial charge is 0.165 e. The summed E-state index contributed by atoms with van der Waals surface area (Å²) >= 11 is 0. The van der Waals surface area contributed by atoms with Gasteiger partial charge < -0.3 is 4.90 Å². The molecular weight excluding hydrogens is 253 g/mol. The number of aromatic nitrogens is 1. The van der Waals surface area contributed by atoms with E-state index in [1.54, 1.807) is 12.3 Å². The molecule has 2 heterocycles. The quantitative estimate of drug-likeness (QED) is 0.855. The SMILES string of the molecule is Fc1cccnc1N1CCN(Cc2ccccc2)CC1. The number of piperazine rings is 1. The van der Waals surface area contributed by atoms with E-state index in [0.717, 1.165) is 32.7 Å². The van der Waals surface area contributed by atoms with Crippen LogP contribution in [-0.2, 0) is 6.54 Å². The maximum Gasteiger partial charge on any atom is 0.165 e. The van der Waals surface area contributed by atoms with Gasteiger partial charge in [-0.15, -0.1) is 0 Å². The summed E-state index contributed by atoms with van der Waals surface area (Å²) in [5.74, 6) is 0.246. The van der Waals surface area contributed by atoms with Crippen LogP contribution in [0.15, 0.2) is 48.7 Å². The van der Waals surface area contributed by atoms with Crippen LogP contribution in [0.3, 0.4) is 0 Å². The molecule has 3 nitrogen and oxygen atoms in total. The Morgan fingerprint density at radius 1 is 0.950 bits per heavy atom. The van der Waals surface area contributed by atoms with E-state index in [1.807, 2.05) is 11.0 Å². The van der Waals surface area contributed by atoms with Crippen molar-refractivity contribution in [1.82, 2.24) is 9.88 Å². The molecule has 4 heteroatoms. The molecule has 1 saturated heterocycles. The fraction of sp³-hybridized carbons (Fsp3) is 0.312. The molecule has 0 amide bonds. The lowest BCUT2D eigenvalue weighted by Crippen LogP contribution is -2.46. The van der Waals surface area contributed by atoms with E-state index < -0.39 is 0 Å². The Morgan fingerprint density at radius 3 is 2.40 bits per heavy atom. The Balaban J connectivity index is 1.59. The maximum absolute atomic E-state index is 13.7. The van der Waals surface area contributed by atoms with Gasteiger partial charge in [-0.3, -0.25) is 4.90 Å². The first-order valence-electron chi connectivity index (χ1n) is 6.95. The Kier molecular flexibility index (Phi) is 3.92. The van der Waals surface area contributed by atoms with Crippen molar-refractivity contribution in [1.29, 1.82) is 0 Å². The van der Waals surface area contributed by atoms with Crippen LogP contribution in [0.4, 0.5) is 10.2 Å². The van der Waals surface area contributed by atoms with Crippen LogP contribution in [0, 0.1) is 5.82 Å². The van der Waals surface area contributed by atoms with Gasteiger partial charge >= 0.3 is 0 Å². The summed E-state index contributed by atoms with van der Waals surface area (Å²) in [6.07, 6.45) is 1.65. The van der Waals surface area contributed by atoms with E-state index in [0.29, 0.717) is 5.82 Å². The maximum atomic E-state index is 13.7. The van der Waals surface area contributed by atoms with Gasteiger partial charge in [0.1, 0.15) is 0 Å². The first-order valence-corrected chi connectivity index (χ1v) is 6.95. The highest BCUT2D eigenvalue weighted by atomic mass is 19.1. The molecule has 1 aliphatic rings. The Hall–Kier alpha value is -1.94. The summed E-state index contributed by atoms with van der Waals surface area (Å²) in [6, 6.07) is 13.5. The molecule has 1 fully saturated rings. The number of hydrogen-bond acceptors (Lipinski definition) is 3. The number of rotatable bonds is 3. The molecular formula is C16H18FN3. The van der Waals surface area contributed by atoms with Crippen LogP contribution < -0.4 is 4.90 Å². The molecule has 0 radical (unpaired) electrons. The summed E-state index contributed by atoms with van der Waals surface area (Å²) < 4.78 is 13.7. The van der Waals surface area contributed by atoms with Crippen molar-refractivity contribution in [3.8, 4) is 0 Å². The molecule has 0 bridgehead atoms. The van der Waals surface area contributed by atoms with Gasteiger partial charge in [0.25, 0.3) is 0 Å². The fourth-order valence-corrected chi connectivity index (χ4v) is 2.57. The molecule has 3 rings (SSSR count). The van der Waals surface area contributed by atoms with E-state index in [1.165, 1.54) is 11.6 Å². The van der Waals surface area contributed by atoms with Crippen molar-refractivity contribution in [2.24, 2.45) is 0 Å². The monoisotopic (exact) mass is 271 g/mol. The standard InChI is InChI=1S/C16H18FN3/c17-15-7-4-8-18-16(15)20-11-9-19(10-12-20)13-14-5-2-1-3-6-14/h1-8H,9-13H2. The van der Waals surface area contributed by atoms with Crippen molar-refractivity contribution >= 4 is 5.82 Å². The minimum absolute atomic E-state index is 0.232. The van der Waals surface area contributed by atoms with Crippen molar-refractivity contribution in [3.63, 3.8) is 0 Å². The third-order valence-corrected chi connectivity index (χ3v) is 3.66. The Morgan fingerprint density at radius 2 is 1.70 bits per heavy atom. The van der Waals surface area contributed by atoms with Crippen molar-refractivity contribution in [2.45, 2.75) is 6.54 Å². The molecule has 1 aliphatic heterocycles. The van der Waals surface area contributed by atoms with Gasteiger partial charge in [0.05, 0.1) is 0 Å². The highest BCUT2D eigenvalue weighted by molar-refractivity contribution is 5.40. The zero-order valence-electron chi connectivity index (χ0n) is 11.4. The molecule has 0 saturated carbocycles. The molecule has 0 spiro atoms. The molecule has 0 aliphatic carbocycles. The third kappa shape index (κ3) is 2.96. The number of nitrogens with zero attached hydrogens (tertiary/aromatic N) is 3. The predicted octanol–water partition coefficient (Wildman–Crippen LogP) is 2.54. The predicted molar refractivity (Wildman–Crippen MR) is 78.1 cm³/mol. The first-order chi connectivity index (χ1) is 9.83. The van der Waals surface area contributed by atoms with E-state index in [-0.39, 0.29) is 5.82 Å². The van der Waals surface area contributed by atoms with Crippen LogP contribution in [0.1, 0.15) is 5.56 Å².